The second-order valence-corrected chi connectivity index (χ2v) is 6.35. The summed E-state index contributed by atoms with van der Waals surface area (Å²) in [5, 5.41) is 9.90. The molecule has 9 heteroatoms. The number of aryl methyl sites for hydroxylation is 3. The summed E-state index contributed by atoms with van der Waals surface area (Å²) in [6.07, 6.45) is 4.99. The number of carbonyl (C=O) groups is 1. The van der Waals surface area contributed by atoms with E-state index in [2.05, 4.69) is 20.7 Å². The second-order valence-electron chi connectivity index (χ2n) is 6.35. The third-order valence-electron chi connectivity index (χ3n) is 4.41. The molecule has 2 amide bonds. The molecule has 3 heterocycles. The van der Waals surface area contributed by atoms with Gasteiger partial charge in [-0.2, -0.15) is 5.10 Å². The van der Waals surface area contributed by atoms with E-state index in [4.69, 9.17) is 0 Å². The van der Waals surface area contributed by atoms with Crippen molar-refractivity contribution >= 4 is 17.7 Å². The number of amides is 2. The Kier molecular flexibility index (Phi) is 4.73. The van der Waals surface area contributed by atoms with Crippen LogP contribution in [0.1, 0.15) is 18.5 Å². The number of piperidine rings is 1. The molecule has 0 unspecified atom stereocenters. The van der Waals surface area contributed by atoms with Gasteiger partial charge in [-0.05, 0) is 19.8 Å². The van der Waals surface area contributed by atoms with Crippen molar-refractivity contribution in [3.05, 3.63) is 34.5 Å². The standard InChI is InChI=1S/C16H23N7O2/c1-11-9-13(20-22(11)3)19-16(25)18-12-5-4-7-23(10-12)14-15(24)21(2)8-6-17-14/h6,8-9,12H,4-5,7,10H2,1-3H3,(H2,18,19,20,25)/t12-/m1/s1. The predicted octanol–water partition coefficient (Wildman–Crippen LogP) is 0.613. The Balaban J connectivity index is 1.62. The summed E-state index contributed by atoms with van der Waals surface area (Å²) >= 11 is 0. The number of hydrogen-bond acceptors (Lipinski definition) is 5. The molecule has 2 aromatic rings. The molecule has 1 saturated heterocycles. The molecule has 2 N–H and O–H groups in total. The quantitative estimate of drug-likeness (QED) is 0.850. The maximum absolute atomic E-state index is 12.2. The van der Waals surface area contributed by atoms with Crippen LogP contribution in [0, 0.1) is 6.92 Å². The number of rotatable bonds is 3. The maximum atomic E-state index is 12.2. The number of nitrogens with zero attached hydrogens (tertiary/aromatic N) is 5. The van der Waals surface area contributed by atoms with Gasteiger partial charge in [0.05, 0.1) is 0 Å². The first kappa shape index (κ1) is 17.0. The molecule has 0 spiro atoms. The molecule has 1 aliphatic rings. The van der Waals surface area contributed by atoms with Gasteiger partial charge in [0.25, 0.3) is 5.56 Å². The number of hydrogen-bond donors (Lipinski definition) is 2. The summed E-state index contributed by atoms with van der Waals surface area (Å²) in [6.45, 7) is 3.23. The SMILES string of the molecule is Cc1cc(NC(=O)N[C@@H]2CCCN(c3nccn(C)c3=O)C2)nn1C. The molecule has 0 aromatic carbocycles. The van der Waals surface area contributed by atoms with Gasteiger partial charge in [-0.25, -0.2) is 9.78 Å². The molecule has 1 aliphatic heterocycles. The lowest BCUT2D eigenvalue weighted by Gasteiger charge is -2.33. The lowest BCUT2D eigenvalue weighted by atomic mass is 10.1. The summed E-state index contributed by atoms with van der Waals surface area (Å²) in [5.74, 6) is 0.945. The number of carbonyl (C=O) groups excluding carboxylic acids is 1. The van der Waals surface area contributed by atoms with Crippen molar-refractivity contribution < 1.29 is 4.79 Å². The van der Waals surface area contributed by atoms with Gasteiger partial charge < -0.3 is 14.8 Å². The Morgan fingerprint density at radius 3 is 2.88 bits per heavy atom. The fourth-order valence-corrected chi connectivity index (χ4v) is 2.95. The molecule has 0 saturated carbocycles. The predicted molar refractivity (Wildman–Crippen MR) is 94.8 cm³/mol. The molecule has 3 rings (SSSR count). The van der Waals surface area contributed by atoms with Crippen LogP contribution in [0.4, 0.5) is 16.4 Å². The zero-order chi connectivity index (χ0) is 18.0. The van der Waals surface area contributed by atoms with E-state index in [-0.39, 0.29) is 17.6 Å². The van der Waals surface area contributed by atoms with E-state index in [1.54, 1.807) is 24.1 Å². The highest BCUT2D eigenvalue weighted by Crippen LogP contribution is 2.15. The van der Waals surface area contributed by atoms with Crippen molar-refractivity contribution in [3.8, 4) is 0 Å². The van der Waals surface area contributed by atoms with E-state index in [0.29, 0.717) is 18.2 Å². The van der Waals surface area contributed by atoms with Gasteiger partial charge in [0.1, 0.15) is 0 Å². The third-order valence-corrected chi connectivity index (χ3v) is 4.41. The molecule has 1 atom stereocenters. The normalized spacial score (nSPS) is 17.4. The van der Waals surface area contributed by atoms with Crippen LogP contribution in [-0.4, -0.2) is 44.5 Å². The second kappa shape index (κ2) is 6.96. The number of aromatic nitrogens is 4. The highest BCUT2D eigenvalue weighted by Gasteiger charge is 2.24. The highest BCUT2D eigenvalue weighted by molar-refractivity contribution is 5.88. The number of nitrogens with one attached hydrogen (secondary N) is 2. The Bertz CT molecular complexity index is 807. The van der Waals surface area contributed by atoms with Gasteiger partial charge in [0.15, 0.2) is 11.6 Å². The smallest absolute Gasteiger partial charge is 0.320 e. The minimum Gasteiger partial charge on any atom is -0.350 e. The Hall–Kier alpha value is -2.84. The first-order valence-electron chi connectivity index (χ1n) is 8.29. The van der Waals surface area contributed by atoms with Crippen LogP contribution in [0.2, 0.25) is 0 Å². The Labute approximate surface area is 145 Å². The average molecular weight is 345 g/mol. The van der Waals surface area contributed by atoms with Crippen LogP contribution in [0.25, 0.3) is 0 Å². The monoisotopic (exact) mass is 345 g/mol. The molecule has 25 heavy (non-hydrogen) atoms. The first-order valence-corrected chi connectivity index (χ1v) is 8.29. The number of anilines is 2. The van der Waals surface area contributed by atoms with E-state index in [9.17, 15) is 9.59 Å². The van der Waals surface area contributed by atoms with Crippen LogP contribution in [0.15, 0.2) is 23.3 Å². The largest absolute Gasteiger partial charge is 0.350 e. The summed E-state index contributed by atoms with van der Waals surface area (Å²) in [7, 11) is 3.53. The topological polar surface area (TPSA) is 97.1 Å². The lowest BCUT2D eigenvalue weighted by Crippen LogP contribution is -2.50. The first-order chi connectivity index (χ1) is 11.9. The summed E-state index contributed by atoms with van der Waals surface area (Å²) in [4.78, 5) is 30.6. The van der Waals surface area contributed by atoms with Gasteiger partial charge in [-0.15, -0.1) is 0 Å². The minimum atomic E-state index is -0.293. The molecular formula is C16H23N7O2. The maximum Gasteiger partial charge on any atom is 0.320 e. The van der Waals surface area contributed by atoms with Crippen LogP contribution >= 0.6 is 0 Å². The molecule has 134 valence electrons. The Morgan fingerprint density at radius 1 is 1.36 bits per heavy atom. The van der Waals surface area contributed by atoms with Crippen molar-refractivity contribution in [2.75, 3.05) is 23.3 Å². The van der Waals surface area contributed by atoms with Crippen molar-refractivity contribution in [2.24, 2.45) is 14.1 Å². The van der Waals surface area contributed by atoms with E-state index in [1.165, 1.54) is 4.57 Å². The van der Waals surface area contributed by atoms with Crippen molar-refractivity contribution in [2.45, 2.75) is 25.8 Å². The average Bonchev–Trinajstić information content (AvgIpc) is 2.87. The molecule has 0 bridgehead atoms. The molecule has 0 radical (unpaired) electrons. The molecule has 9 nitrogen and oxygen atoms in total. The fraction of sp³-hybridized carbons (Fsp3) is 0.500. The Morgan fingerprint density at radius 2 is 2.16 bits per heavy atom. The van der Waals surface area contributed by atoms with Gasteiger partial charge in [-0.1, -0.05) is 0 Å². The van der Waals surface area contributed by atoms with E-state index in [0.717, 1.165) is 25.1 Å². The van der Waals surface area contributed by atoms with Gasteiger partial charge in [-0.3, -0.25) is 14.8 Å². The van der Waals surface area contributed by atoms with Gasteiger partial charge in [0, 0.05) is 57.4 Å². The molecule has 0 aliphatic carbocycles. The van der Waals surface area contributed by atoms with Gasteiger partial charge in [0.2, 0.25) is 0 Å². The van der Waals surface area contributed by atoms with E-state index < -0.39 is 0 Å². The van der Waals surface area contributed by atoms with E-state index in [1.807, 2.05) is 24.9 Å². The lowest BCUT2D eigenvalue weighted by molar-refractivity contribution is 0.246. The van der Waals surface area contributed by atoms with Crippen molar-refractivity contribution in [1.82, 2.24) is 24.6 Å². The van der Waals surface area contributed by atoms with Gasteiger partial charge >= 0.3 is 6.03 Å². The van der Waals surface area contributed by atoms with Crippen LogP contribution in [0.3, 0.4) is 0 Å². The van der Waals surface area contributed by atoms with Crippen molar-refractivity contribution in [1.29, 1.82) is 0 Å². The molecule has 2 aromatic heterocycles. The van der Waals surface area contributed by atoms with E-state index >= 15 is 0 Å². The third kappa shape index (κ3) is 3.81. The molecule has 1 fully saturated rings. The van der Waals surface area contributed by atoms with Crippen LogP contribution < -0.4 is 21.1 Å². The summed E-state index contributed by atoms with van der Waals surface area (Å²) < 4.78 is 3.21. The highest BCUT2D eigenvalue weighted by atomic mass is 16.2. The van der Waals surface area contributed by atoms with Crippen LogP contribution in [-0.2, 0) is 14.1 Å². The minimum absolute atomic E-state index is 0.0507. The number of urea groups is 1. The van der Waals surface area contributed by atoms with Crippen LogP contribution in [0.5, 0.6) is 0 Å². The summed E-state index contributed by atoms with van der Waals surface area (Å²) in [5.41, 5.74) is 0.835. The zero-order valence-electron chi connectivity index (χ0n) is 14.7. The fourth-order valence-electron chi connectivity index (χ4n) is 2.95. The summed E-state index contributed by atoms with van der Waals surface area (Å²) in [6, 6.07) is 1.47. The molecular weight excluding hydrogens is 322 g/mol. The zero-order valence-corrected chi connectivity index (χ0v) is 14.7. The van der Waals surface area contributed by atoms with Crippen molar-refractivity contribution in [3.63, 3.8) is 0 Å².